The summed E-state index contributed by atoms with van der Waals surface area (Å²) in [4.78, 5) is 23.9. The number of Topliss-reactive ketones (excluding diaryl/α,β-unsaturated/α-hetero) is 1. The van der Waals surface area contributed by atoms with Gasteiger partial charge in [0.2, 0.25) is 0 Å². The molecule has 0 heterocycles. The predicted octanol–water partition coefficient (Wildman–Crippen LogP) is 3.46. The number of hydrogen-bond acceptors (Lipinski definition) is 4. The average molecular weight is 328 g/mol. The van der Waals surface area contributed by atoms with E-state index in [4.69, 9.17) is 4.43 Å². The van der Waals surface area contributed by atoms with Crippen LogP contribution in [-0.2, 0) is 18.8 Å². The molecular formula is C13H23F3O4Si. The number of unbranched alkanes of at least 4 members (excludes halogenated alkanes) is 2. The fourth-order valence-electron chi connectivity index (χ4n) is 1.86. The first-order valence-electron chi connectivity index (χ1n) is 6.81. The number of hydrogen-bond donors (Lipinski definition) is 0. The molecule has 0 saturated heterocycles. The first kappa shape index (κ1) is 20.1. The smallest absolute Gasteiger partial charge is 0.434 e. The Balaban J connectivity index is 5.69. The molecule has 0 aromatic carbocycles. The van der Waals surface area contributed by atoms with Crippen molar-refractivity contribution in [3.8, 4) is 0 Å². The fourth-order valence-corrected chi connectivity index (χ4v) is 3.09. The van der Waals surface area contributed by atoms with Crippen molar-refractivity contribution >= 4 is 20.1 Å². The van der Waals surface area contributed by atoms with E-state index < -0.39 is 31.8 Å². The van der Waals surface area contributed by atoms with Gasteiger partial charge in [0.15, 0.2) is 14.1 Å². The van der Waals surface area contributed by atoms with Crippen LogP contribution in [0.3, 0.4) is 0 Å². The largest absolute Gasteiger partial charge is 0.466 e. The van der Waals surface area contributed by atoms with Crippen molar-refractivity contribution in [2.24, 2.45) is 0 Å². The molecule has 8 heteroatoms. The van der Waals surface area contributed by atoms with Crippen LogP contribution in [0.1, 0.15) is 32.6 Å². The zero-order valence-corrected chi connectivity index (χ0v) is 14.1. The lowest BCUT2D eigenvalue weighted by Crippen LogP contribution is -2.64. The summed E-state index contributed by atoms with van der Waals surface area (Å²) in [6.45, 7) is 6.31. The second-order valence-electron chi connectivity index (χ2n) is 5.77. The van der Waals surface area contributed by atoms with E-state index in [1.165, 1.54) is 19.6 Å². The highest BCUT2D eigenvalue weighted by Crippen LogP contribution is 2.39. The van der Waals surface area contributed by atoms with Gasteiger partial charge in [0, 0.05) is 6.42 Å². The van der Waals surface area contributed by atoms with Crippen LogP contribution >= 0.6 is 0 Å². The Hall–Kier alpha value is -0.893. The van der Waals surface area contributed by atoms with Crippen LogP contribution in [-0.4, -0.2) is 39.0 Å². The maximum atomic E-state index is 13.5. The third-order valence-corrected chi connectivity index (χ3v) is 3.65. The van der Waals surface area contributed by atoms with Gasteiger partial charge in [0.25, 0.3) is 0 Å². The molecule has 4 nitrogen and oxygen atoms in total. The number of carbonyl (C=O) groups excluding carboxylic acids is 2. The van der Waals surface area contributed by atoms with E-state index in [2.05, 4.69) is 4.74 Å². The van der Waals surface area contributed by atoms with Gasteiger partial charge in [0.05, 0.1) is 7.11 Å². The summed E-state index contributed by atoms with van der Waals surface area (Å²) in [7, 11) is -2.02. The van der Waals surface area contributed by atoms with Crippen LogP contribution in [0.4, 0.5) is 13.2 Å². The Morgan fingerprint density at radius 2 is 1.62 bits per heavy atom. The highest BCUT2D eigenvalue weighted by Gasteiger charge is 2.68. The third-order valence-electron chi connectivity index (χ3n) is 2.73. The first-order chi connectivity index (χ1) is 9.42. The van der Waals surface area contributed by atoms with Crippen molar-refractivity contribution in [3.63, 3.8) is 0 Å². The molecule has 0 rings (SSSR count). The molecule has 0 fully saturated rings. The summed E-state index contributed by atoms with van der Waals surface area (Å²) in [5, 5.41) is 0. The van der Waals surface area contributed by atoms with E-state index in [1.807, 2.05) is 6.92 Å². The summed E-state index contributed by atoms with van der Waals surface area (Å²) < 4.78 is 49.7. The molecular weight excluding hydrogens is 305 g/mol. The van der Waals surface area contributed by atoms with E-state index in [9.17, 15) is 22.8 Å². The Morgan fingerprint density at radius 1 is 1.10 bits per heavy atom. The molecule has 0 aromatic rings. The topological polar surface area (TPSA) is 52.6 Å². The zero-order valence-electron chi connectivity index (χ0n) is 13.1. The molecule has 1 unspecified atom stereocenters. The molecule has 21 heavy (non-hydrogen) atoms. The van der Waals surface area contributed by atoms with Gasteiger partial charge in [-0.3, -0.25) is 4.79 Å². The molecule has 0 aliphatic rings. The van der Waals surface area contributed by atoms with Gasteiger partial charge >= 0.3 is 17.7 Å². The van der Waals surface area contributed by atoms with E-state index in [0.29, 0.717) is 6.42 Å². The van der Waals surface area contributed by atoms with Crippen molar-refractivity contribution in [3.05, 3.63) is 0 Å². The Morgan fingerprint density at radius 3 is 1.95 bits per heavy atom. The number of ketones is 1. The van der Waals surface area contributed by atoms with Gasteiger partial charge in [-0.05, 0) is 26.1 Å². The Kier molecular flexibility index (Phi) is 7.08. The van der Waals surface area contributed by atoms with Gasteiger partial charge in [-0.2, -0.15) is 13.2 Å². The lowest BCUT2D eigenvalue weighted by Gasteiger charge is -2.36. The van der Waals surface area contributed by atoms with Crippen LogP contribution in [0.25, 0.3) is 0 Å². The van der Waals surface area contributed by atoms with Crippen LogP contribution in [0, 0.1) is 0 Å². The minimum Gasteiger partial charge on any atom is -0.466 e. The number of halogens is 3. The normalized spacial score (nSPS) is 15.4. The molecule has 0 saturated carbocycles. The minimum absolute atomic E-state index is 0.277. The SMILES string of the molecule is CCCCCC(=O)C(O[Si](C)(C)C)(C(=O)OC)C(F)(F)F. The lowest BCUT2D eigenvalue weighted by molar-refractivity contribution is -0.247. The third kappa shape index (κ3) is 5.10. The van der Waals surface area contributed by atoms with Gasteiger partial charge in [-0.1, -0.05) is 19.8 Å². The van der Waals surface area contributed by atoms with Crippen LogP contribution in [0.2, 0.25) is 19.6 Å². The predicted molar refractivity (Wildman–Crippen MR) is 74.4 cm³/mol. The molecule has 124 valence electrons. The van der Waals surface area contributed by atoms with Crippen molar-refractivity contribution < 1.29 is 31.9 Å². The van der Waals surface area contributed by atoms with Gasteiger partial charge < -0.3 is 9.16 Å². The number of ether oxygens (including phenoxy) is 1. The summed E-state index contributed by atoms with van der Waals surface area (Å²) in [5.74, 6) is -2.98. The van der Waals surface area contributed by atoms with Crippen molar-refractivity contribution in [1.82, 2.24) is 0 Å². The number of alkyl halides is 3. The van der Waals surface area contributed by atoms with Crippen LogP contribution < -0.4 is 0 Å². The summed E-state index contributed by atoms with van der Waals surface area (Å²) in [6, 6.07) is 0. The number of rotatable bonds is 8. The molecule has 0 bridgehead atoms. The molecule has 0 aromatic heterocycles. The van der Waals surface area contributed by atoms with E-state index >= 15 is 0 Å². The second kappa shape index (κ2) is 7.39. The van der Waals surface area contributed by atoms with Crippen LogP contribution in [0.15, 0.2) is 0 Å². The molecule has 1 atom stereocenters. The fraction of sp³-hybridized carbons (Fsp3) is 0.846. The molecule has 0 aliphatic heterocycles. The maximum Gasteiger partial charge on any atom is 0.434 e. The first-order valence-corrected chi connectivity index (χ1v) is 10.2. The van der Waals surface area contributed by atoms with E-state index in [-0.39, 0.29) is 12.8 Å². The van der Waals surface area contributed by atoms with E-state index in [1.54, 1.807) is 0 Å². The Labute approximate surface area is 124 Å². The Bertz CT molecular complexity index is 377. The minimum atomic E-state index is -5.15. The summed E-state index contributed by atoms with van der Waals surface area (Å²) in [6.07, 6.45) is -3.89. The van der Waals surface area contributed by atoms with Gasteiger partial charge in [-0.25, -0.2) is 4.79 Å². The molecule has 0 amide bonds. The highest BCUT2D eigenvalue weighted by molar-refractivity contribution is 6.70. The second-order valence-corrected chi connectivity index (χ2v) is 10.2. The summed E-state index contributed by atoms with van der Waals surface area (Å²) >= 11 is 0. The van der Waals surface area contributed by atoms with Crippen LogP contribution in [0.5, 0.6) is 0 Å². The standard InChI is InChI=1S/C13H23F3O4Si/c1-6-7-8-9-10(17)12(11(18)19-2,13(14,15)16)20-21(3,4)5/h6-9H2,1-5H3. The quantitative estimate of drug-likeness (QED) is 0.296. The van der Waals surface area contributed by atoms with Crippen molar-refractivity contribution in [1.29, 1.82) is 0 Å². The zero-order chi connectivity index (χ0) is 16.9. The summed E-state index contributed by atoms with van der Waals surface area (Å²) in [5.41, 5.74) is -3.50. The van der Waals surface area contributed by atoms with Crippen molar-refractivity contribution in [2.75, 3.05) is 7.11 Å². The molecule has 0 spiro atoms. The van der Waals surface area contributed by atoms with Crippen molar-refractivity contribution in [2.45, 2.75) is 64.0 Å². The number of esters is 1. The lowest BCUT2D eigenvalue weighted by atomic mass is 9.93. The van der Waals surface area contributed by atoms with Gasteiger partial charge in [0.1, 0.15) is 0 Å². The average Bonchev–Trinajstić information content (AvgIpc) is 2.32. The highest BCUT2D eigenvalue weighted by atomic mass is 28.4. The maximum absolute atomic E-state index is 13.5. The number of carbonyl (C=O) groups is 2. The molecule has 0 N–H and O–H groups in total. The molecule has 0 aliphatic carbocycles. The van der Waals surface area contributed by atoms with Gasteiger partial charge in [-0.15, -0.1) is 0 Å². The number of methoxy groups -OCH3 is 1. The molecule has 0 radical (unpaired) electrons. The van der Waals surface area contributed by atoms with E-state index in [0.717, 1.165) is 13.5 Å². The monoisotopic (exact) mass is 328 g/mol.